The average molecular weight is 272 g/mol. The molecule has 5 heteroatoms. The Morgan fingerprint density at radius 3 is 3.05 bits per heavy atom. The maximum Gasteiger partial charge on any atom is 0.328 e. The molecule has 0 spiro atoms. The highest BCUT2D eigenvalue weighted by Crippen LogP contribution is 2.14. The van der Waals surface area contributed by atoms with Gasteiger partial charge in [-0.25, -0.2) is 4.79 Å². The number of ether oxygens (including phenoxy) is 1. The first kappa shape index (κ1) is 13.9. The van der Waals surface area contributed by atoms with E-state index in [9.17, 15) is 4.79 Å². The molecule has 0 bridgehead atoms. The predicted octanol–water partition coefficient (Wildman–Crippen LogP) is 2.37. The summed E-state index contributed by atoms with van der Waals surface area (Å²) in [7, 11) is 0. The molecule has 0 aliphatic rings. The number of aromatic nitrogens is 2. The third-order valence-corrected chi connectivity index (χ3v) is 2.63. The van der Waals surface area contributed by atoms with Gasteiger partial charge in [0, 0.05) is 12.3 Å². The molecule has 1 N–H and O–H groups in total. The molecule has 1 aromatic carbocycles. The van der Waals surface area contributed by atoms with Crippen LogP contribution in [0.2, 0.25) is 0 Å². The van der Waals surface area contributed by atoms with Crippen molar-refractivity contribution in [3.05, 3.63) is 53.9 Å². The zero-order valence-electron chi connectivity index (χ0n) is 11.2. The standard InChI is InChI=1S/C15H16N2O3/c1-12-10-16-17(11-12)7-8-20-14-4-2-3-13(9-14)5-6-15(18)19/h2-6,9-11H,7-8H2,1H3,(H,18,19). The van der Waals surface area contributed by atoms with Crippen molar-refractivity contribution in [1.82, 2.24) is 9.78 Å². The summed E-state index contributed by atoms with van der Waals surface area (Å²) in [5, 5.41) is 12.8. The molecule has 0 atom stereocenters. The lowest BCUT2D eigenvalue weighted by Gasteiger charge is -2.07. The first-order chi connectivity index (χ1) is 9.63. The number of nitrogens with zero attached hydrogens (tertiary/aromatic N) is 2. The monoisotopic (exact) mass is 272 g/mol. The number of aliphatic carboxylic acids is 1. The molecule has 2 aromatic rings. The largest absolute Gasteiger partial charge is 0.492 e. The van der Waals surface area contributed by atoms with Gasteiger partial charge in [-0.05, 0) is 36.3 Å². The Bertz CT molecular complexity index is 617. The number of carboxylic acid groups (broad SMARTS) is 1. The SMILES string of the molecule is Cc1cnn(CCOc2cccc(C=CC(=O)O)c2)c1. The molecule has 0 aliphatic carbocycles. The summed E-state index contributed by atoms with van der Waals surface area (Å²) >= 11 is 0. The molecule has 1 aromatic heterocycles. The van der Waals surface area contributed by atoms with Crippen molar-refractivity contribution in [2.24, 2.45) is 0 Å². The van der Waals surface area contributed by atoms with Crippen molar-refractivity contribution in [3.8, 4) is 5.75 Å². The summed E-state index contributed by atoms with van der Waals surface area (Å²) in [5.41, 5.74) is 1.91. The van der Waals surface area contributed by atoms with Crippen LogP contribution < -0.4 is 4.74 Å². The summed E-state index contributed by atoms with van der Waals surface area (Å²) in [6.45, 7) is 3.17. The number of benzene rings is 1. The highest BCUT2D eigenvalue weighted by atomic mass is 16.5. The molecule has 104 valence electrons. The molecule has 20 heavy (non-hydrogen) atoms. The van der Waals surface area contributed by atoms with E-state index < -0.39 is 5.97 Å². The van der Waals surface area contributed by atoms with Gasteiger partial charge in [-0.1, -0.05) is 12.1 Å². The first-order valence-corrected chi connectivity index (χ1v) is 6.26. The predicted molar refractivity (Wildman–Crippen MR) is 75.6 cm³/mol. The van der Waals surface area contributed by atoms with Crippen LogP contribution in [0.4, 0.5) is 0 Å². The van der Waals surface area contributed by atoms with E-state index in [0.717, 1.165) is 17.2 Å². The third-order valence-electron chi connectivity index (χ3n) is 2.63. The van der Waals surface area contributed by atoms with Crippen LogP contribution in [0.15, 0.2) is 42.7 Å². The highest BCUT2D eigenvalue weighted by molar-refractivity contribution is 5.85. The van der Waals surface area contributed by atoms with E-state index >= 15 is 0 Å². The maximum atomic E-state index is 10.5. The van der Waals surface area contributed by atoms with Crippen LogP contribution in [-0.2, 0) is 11.3 Å². The summed E-state index contributed by atoms with van der Waals surface area (Å²) in [4.78, 5) is 10.5. The zero-order valence-corrected chi connectivity index (χ0v) is 11.2. The summed E-state index contributed by atoms with van der Waals surface area (Å²) in [5.74, 6) is -0.258. The topological polar surface area (TPSA) is 64.4 Å². The Hall–Kier alpha value is -2.56. The molecule has 0 amide bonds. The highest BCUT2D eigenvalue weighted by Gasteiger charge is 1.97. The molecule has 0 unspecified atom stereocenters. The molecular formula is C15H16N2O3. The van der Waals surface area contributed by atoms with Gasteiger partial charge in [0.15, 0.2) is 0 Å². The second-order valence-electron chi connectivity index (χ2n) is 4.37. The van der Waals surface area contributed by atoms with E-state index in [2.05, 4.69) is 5.10 Å². The van der Waals surface area contributed by atoms with Crippen LogP contribution >= 0.6 is 0 Å². The van der Waals surface area contributed by atoms with Gasteiger partial charge in [0.2, 0.25) is 0 Å². The second kappa shape index (κ2) is 6.56. The van der Waals surface area contributed by atoms with Crippen LogP contribution in [0.25, 0.3) is 6.08 Å². The fourth-order valence-electron chi connectivity index (χ4n) is 1.72. The fourth-order valence-corrected chi connectivity index (χ4v) is 1.72. The van der Waals surface area contributed by atoms with Gasteiger partial charge >= 0.3 is 5.97 Å². The van der Waals surface area contributed by atoms with Crippen LogP contribution in [0.3, 0.4) is 0 Å². The van der Waals surface area contributed by atoms with Crippen molar-refractivity contribution in [2.45, 2.75) is 13.5 Å². The lowest BCUT2D eigenvalue weighted by atomic mass is 10.2. The Morgan fingerprint density at radius 2 is 2.35 bits per heavy atom. The van der Waals surface area contributed by atoms with Crippen LogP contribution in [0, 0.1) is 6.92 Å². The van der Waals surface area contributed by atoms with Crippen LogP contribution in [-0.4, -0.2) is 27.5 Å². The number of rotatable bonds is 6. The minimum absolute atomic E-state index is 0.507. The van der Waals surface area contributed by atoms with Gasteiger partial charge < -0.3 is 9.84 Å². The lowest BCUT2D eigenvalue weighted by Crippen LogP contribution is -2.08. The number of aryl methyl sites for hydroxylation is 1. The van der Waals surface area contributed by atoms with Crippen molar-refractivity contribution in [2.75, 3.05) is 6.61 Å². The second-order valence-corrected chi connectivity index (χ2v) is 4.37. The van der Waals surface area contributed by atoms with Crippen molar-refractivity contribution in [3.63, 3.8) is 0 Å². The van der Waals surface area contributed by atoms with Crippen molar-refractivity contribution < 1.29 is 14.6 Å². The number of carboxylic acids is 1. The van der Waals surface area contributed by atoms with E-state index in [4.69, 9.17) is 9.84 Å². The minimum atomic E-state index is -0.967. The maximum absolute atomic E-state index is 10.5. The summed E-state index contributed by atoms with van der Waals surface area (Å²) < 4.78 is 7.45. The van der Waals surface area contributed by atoms with E-state index in [0.29, 0.717) is 18.9 Å². The zero-order chi connectivity index (χ0) is 14.4. The van der Waals surface area contributed by atoms with E-state index in [-0.39, 0.29) is 0 Å². The van der Waals surface area contributed by atoms with Crippen LogP contribution in [0.5, 0.6) is 5.75 Å². The van der Waals surface area contributed by atoms with E-state index in [1.54, 1.807) is 12.3 Å². The molecule has 0 saturated carbocycles. The Balaban J connectivity index is 1.89. The van der Waals surface area contributed by atoms with Crippen LogP contribution in [0.1, 0.15) is 11.1 Å². The molecule has 1 heterocycles. The smallest absolute Gasteiger partial charge is 0.328 e. The molecule has 0 fully saturated rings. The van der Waals surface area contributed by atoms with Crippen molar-refractivity contribution >= 4 is 12.0 Å². The molecule has 0 saturated heterocycles. The van der Waals surface area contributed by atoms with Gasteiger partial charge in [-0.15, -0.1) is 0 Å². The van der Waals surface area contributed by atoms with Gasteiger partial charge in [0.1, 0.15) is 12.4 Å². The van der Waals surface area contributed by atoms with E-state index in [1.165, 1.54) is 6.08 Å². The number of carbonyl (C=O) groups is 1. The van der Waals surface area contributed by atoms with Gasteiger partial charge in [-0.2, -0.15) is 5.10 Å². The molecular weight excluding hydrogens is 256 g/mol. The van der Waals surface area contributed by atoms with Gasteiger partial charge in [0.05, 0.1) is 12.7 Å². The number of hydrogen-bond acceptors (Lipinski definition) is 3. The molecule has 0 aliphatic heterocycles. The molecule has 0 radical (unpaired) electrons. The Kier molecular flexibility index (Phi) is 4.55. The number of hydrogen-bond donors (Lipinski definition) is 1. The first-order valence-electron chi connectivity index (χ1n) is 6.26. The minimum Gasteiger partial charge on any atom is -0.492 e. The summed E-state index contributed by atoms with van der Waals surface area (Å²) in [6, 6.07) is 7.29. The molecule has 5 nitrogen and oxygen atoms in total. The van der Waals surface area contributed by atoms with Crippen molar-refractivity contribution in [1.29, 1.82) is 0 Å². The Labute approximate surface area is 117 Å². The normalized spacial score (nSPS) is 10.8. The lowest BCUT2D eigenvalue weighted by molar-refractivity contribution is -0.131. The fraction of sp³-hybridized carbons (Fsp3) is 0.200. The van der Waals surface area contributed by atoms with Gasteiger partial charge in [-0.3, -0.25) is 4.68 Å². The average Bonchev–Trinajstić information content (AvgIpc) is 2.83. The quantitative estimate of drug-likeness (QED) is 0.820. The summed E-state index contributed by atoms with van der Waals surface area (Å²) in [6.07, 6.45) is 6.39. The Morgan fingerprint density at radius 1 is 1.50 bits per heavy atom. The third kappa shape index (κ3) is 4.28. The van der Waals surface area contributed by atoms with E-state index in [1.807, 2.05) is 36.0 Å². The van der Waals surface area contributed by atoms with Gasteiger partial charge in [0.25, 0.3) is 0 Å². The molecule has 2 rings (SSSR count).